The number of allylic oxidation sites excluding steroid dienone is 8. The Morgan fingerprint density at radius 2 is 0.842 bits per heavy atom. The third kappa shape index (κ3) is 5.37. The average molecular weight is 728 g/mol. The minimum absolute atomic E-state index is 1.08. The van der Waals surface area contributed by atoms with Crippen molar-refractivity contribution in [3.8, 4) is 50.2 Å². The first-order chi connectivity index (χ1) is 28.2. The van der Waals surface area contributed by atoms with Crippen LogP contribution in [0.5, 0.6) is 0 Å². The van der Waals surface area contributed by atoms with Crippen molar-refractivity contribution in [2.45, 2.75) is 38.5 Å². The van der Waals surface area contributed by atoms with Gasteiger partial charge in [-0.15, -0.1) is 0 Å². The molecule has 0 amide bonds. The summed E-state index contributed by atoms with van der Waals surface area (Å²) >= 11 is 0. The second kappa shape index (κ2) is 12.9. The summed E-state index contributed by atoms with van der Waals surface area (Å²) in [5.74, 6) is 0. The summed E-state index contributed by atoms with van der Waals surface area (Å²) in [6.07, 6.45) is 16.2. The van der Waals surface area contributed by atoms with Crippen molar-refractivity contribution in [1.82, 2.24) is 4.57 Å². The predicted octanol–water partition coefficient (Wildman–Crippen LogP) is 14.8. The Morgan fingerprint density at radius 1 is 0.368 bits per heavy atom. The maximum absolute atomic E-state index is 2.47. The lowest BCUT2D eigenvalue weighted by Gasteiger charge is -2.12. The molecule has 270 valence electrons. The molecule has 1 nitrogen and oxygen atoms in total. The third-order valence-electron chi connectivity index (χ3n) is 13.0. The fraction of sp³-hybridized carbons (Fsp3) is 0.107. The Morgan fingerprint density at radius 3 is 1.44 bits per heavy atom. The van der Waals surface area contributed by atoms with Crippen molar-refractivity contribution in [2.75, 3.05) is 0 Å². The van der Waals surface area contributed by atoms with Crippen LogP contribution in [0.25, 0.3) is 83.1 Å². The van der Waals surface area contributed by atoms with Gasteiger partial charge < -0.3 is 4.57 Å². The van der Waals surface area contributed by atoms with Crippen LogP contribution in [0.15, 0.2) is 187 Å². The van der Waals surface area contributed by atoms with Crippen molar-refractivity contribution in [1.29, 1.82) is 0 Å². The number of fused-ring (bicyclic) bond motifs is 7. The zero-order valence-corrected chi connectivity index (χ0v) is 31.9. The molecule has 0 radical (unpaired) electrons. The van der Waals surface area contributed by atoms with Crippen LogP contribution in [0.1, 0.15) is 47.9 Å². The van der Waals surface area contributed by atoms with E-state index < -0.39 is 0 Å². The Bertz CT molecular complexity index is 2960. The van der Waals surface area contributed by atoms with E-state index in [0.717, 1.165) is 25.7 Å². The lowest BCUT2D eigenvalue weighted by Crippen LogP contribution is -1.94. The minimum atomic E-state index is 1.08. The number of aromatic nitrogens is 1. The quantitative estimate of drug-likeness (QED) is 0.166. The smallest absolute Gasteiger partial charge is 0.0541 e. The molecule has 0 saturated heterocycles. The molecule has 4 aliphatic carbocycles. The number of nitrogens with zero attached hydrogens (tertiary/aromatic N) is 1. The molecule has 0 spiro atoms. The SMILES string of the molecule is C1=CC2=C(CC1)Cc1cc(-c3ccc4c(c3)c3cc(-c5ccc6c(c5)CC5=C6C=CCC5)ccc3n4-c3cccc(-c4cccc(-c5ccccc5)c4)c3)ccc12. The summed E-state index contributed by atoms with van der Waals surface area (Å²) in [7, 11) is 0. The van der Waals surface area contributed by atoms with E-state index in [1.165, 1.54) is 118 Å². The Hall–Kier alpha value is -6.70. The molecule has 1 heterocycles. The molecule has 0 bridgehead atoms. The molecule has 0 fully saturated rings. The van der Waals surface area contributed by atoms with Gasteiger partial charge in [0.1, 0.15) is 0 Å². The summed E-state index contributed by atoms with van der Waals surface area (Å²) in [5, 5.41) is 2.57. The molecule has 0 atom stereocenters. The highest BCUT2D eigenvalue weighted by Crippen LogP contribution is 2.44. The molecule has 57 heavy (non-hydrogen) atoms. The van der Waals surface area contributed by atoms with Crippen molar-refractivity contribution in [2.24, 2.45) is 0 Å². The molecule has 8 aromatic rings. The van der Waals surface area contributed by atoms with Gasteiger partial charge in [0, 0.05) is 16.5 Å². The Labute approximate surface area is 334 Å². The van der Waals surface area contributed by atoms with Gasteiger partial charge in [0.25, 0.3) is 0 Å². The van der Waals surface area contributed by atoms with Gasteiger partial charge in [-0.3, -0.25) is 0 Å². The summed E-state index contributed by atoms with van der Waals surface area (Å²) in [5.41, 5.74) is 25.5. The van der Waals surface area contributed by atoms with E-state index in [1.54, 1.807) is 11.1 Å². The fourth-order valence-electron chi connectivity index (χ4n) is 10.2. The normalized spacial score (nSPS) is 15.4. The Balaban J connectivity index is 0.997. The highest BCUT2D eigenvalue weighted by atomic mass is 15.0. The van der Waals surface area contributed by atoms with Gasteiger partial charge in [0.05, 0.1) is 11.0 Å². The molecule has 7 aromatic carbocycles. The summed E-state index contributed by atoms with van der Waals surface area (Å²) in [4.78, 5) is 0. The number of benzene rings is 7. The van der Waals surface area contributed by atoms with Gasteiger partial charge in [-0.2, -0.15) is 0 Å². The molecule has 12 rings (SSSR count). The number of hydrogen-bond acceptors (Lipinski definition) is 0. The molecule has 0 N–H and O–H groups in total. The Kier molecular flexibility index (Phi) is 7.38. The van der Waals surface area contributed by atoms with Crippen LogP contribution in [0.3, 0.4) is 0 Å². The topological polar surface area (TPSA) is 4.93 Å². The van der Waals surface area contributed by atoms with Crippen LogP contribution in [0.4, 0.5) is 0 Å². The first-order valence-corrected chi connectivity index (χ1v) is 20.6. The standard InChI is InChI=1S/C56H41N/c1-2-10-36(11-3-1)37-14-8-15-38(28-37)39-16-9-17-48(33-39)57-55-26-22-42(40-20-24-51-46(29-40)31-44-12-4-6-18-49(44)51)34-53(55)54-35-43(23-27-56(54)57)41-21-25-52-47(30-41)32-45-13-5-7-19-50(45)52/h1-3,6-11,14-30,33-35H,4-5,12-13,31-32H2. The van der Waals surface area contributed by atoms with Gasteiger partial charge in [-0.1, -0.05) is 145 Å². The van der Waals surface area contributed by atoms with Gasteiger partial charge in [-0.25, -0.2) is 0 Å². The molecule has 4 aliphatic rings. The van der Waals surface area contributed by atoms with Gasteiger partial charge in [-0.05, 0) is 159 Å². The van der Waals surface area contributed by atoms with Crippen LogP contribution in [0, 0.1) is 0 Å². The van der Waals surface area contributed by atoms with Gasteiger partial charge >= 0.3 is 0 Å². The predicted molar refractivity (Wildman–Crippen MR) is 241 cm³/mol. The van der Waals surface area contributed by atoms with E-state index in [4.69, 9.17) is 0 Å². The van der Waals surface area contributed by atoms with Gasteiger partial charge in [0.2, 0.25) is 0 Å². The lowest BCUT2D eigenvalue weighted by molar-refractivity contribution is 0.935. The molecule has 1 aromatic heterocycles. The molecular formula is C56H41N. The van der Waals surface area contributed by atoms with E-state index in [1.807, 2.05) is 0 Å². The zero-order chi connectivity index (χ0) is 37.5. The van der Waals surface area contributed by atoms with E-state index in [9.17, 15) is 0 Å². The third-order valence-corrected chi connectivity index (χ3v) is 13.0. The van der Waals surface area contributed by atoms with Crippen LogP contribution >= 0.6 is 0 Å². The first kappa shape index (κ1) is 32.5. The summed E-state index contributed by atoms with van der Waals surface area (Å²) in [6.45, 7) is 0. The highest BCUT2D eigenvalue weighted by Gasteiger charge is 2.24. The largest absolute Gasteiger partial charge is 0.309 e. The first-order valence-electron chi connectivity index (χ1n) is 20.6. The molecular weight excluding hydrogens is 687 g/mol. The van der Waals surface area contributed by atoms with Crippen molar-refractivity contribution in [3.05, 3.63) is 209 Å². The number of rotatable bonds is 5. The number of hydrogen-bond donors (Lipinski definition) is 0. The van der Waals surface area contributed by atoms with Crippen molar-refractivity contribution >= 4 is 33.0 Å². The van der Waals surface area contributed by atoms with Crippen molar-refractivity contribution < 1.29 is 0 Å². The summed E-state index contributed by atoms with van der Waals surface area (Å²) in [6, 6.07) is 57.2. The van der Waals surface area contributed by atoms with Crippen molar-refractivity contribution in [3.63, 3.8) is 0 Å². The van der Waals surface area contributed by atoms with E-state index in [-0.39, 0.29) is 0 Å². The van der Waals surface area contributed by atoms with E-state index in [2.05, 4.69) is 181 Å². The fourth-order valence-corrected chi connectivity index (χ4v) is 10.2. The maximum atomic E-state index is 2.47. The second-order valence-electron chi connectivity index (χ2n) is 16.3. The molecule has 0 unspecified atom stereocenters. The van der Waals surface area contributed by atoms with Crippen LogP contribution < -0.4 is 0 Å². The maximum Gasteiger partial charge on any atom is 0.0541 e. The van der Waals surface area contributed by atoms with Crippen LogP contribution in [0.2, 0.25) is 0 Å². The molecule has 1 heteroatoms. The molecule has 0 aliphatic heterocycles. The van der Waals surface area contributed by atoms with E-state index >= 15 is 0 Å². The summed E-state index contributed by atoms with van der Waals surface area (Å²) < 4.78 is 2.47. The van der Waals surface area contributed by atoms with Crippen LogP contribution in [-0.2, 0) is 12.8 Å². The van der Waals surface area contributed by atoms with Crippen LogP contribution in [-0.4, -0.2) is 4.57 Å². The van der Waals surface area contributed by atoms with Gasteiger partial charge in [0.15, 0.2) is 0 Å². The molecule has 0 saturated carbocycles. The monoisotopic (exact) mass is 727 g/mol. The van der Waals surface area contributed by atoms with E-state index in [0.29, 0.717) is 0 Å². The second-order valence-corrected chi connectivity index (χ2v) is 16.3. The average Bonchev–Trinajstić information content (AvgIpc) is 3.95. The minimum Gasteiger partial charge on any atom is -0.309 e. The zero-order valence-electron chi connectivity index (χ0n) is 31.9. The lowest BCUT2D eigenvalue weighted by atomic mass is 9.95. The highest BCUT2D eigenvalue weighted by molar-refractivity contribution is 6.12.